The standard InChI is InChI=1S/C17H33N3/c1-5-16-8-12-20(13-9-16)11-7-10-17(6-2,14-18)19-15(3)4/h15-16,19H,5-13H2,1-4H3. The van der Waals surface area contributed by atoms with Gasteiger partial charge in [-0.2, -0.15) is 5.26 Å². The predicted octanol–water partition coefficient (Wildman–Crippen LogP) is 3.56. The van der Waals surface area contributed by atoms with Crippen molar-refractivity contribution in [3.63, 3.8) is 0 Å². The fourth-order valence-corrected chi connectivity index (χ4v) is 3.29. The first-order valence-corrected chi connectivity index (χ1v) is 8.46. The molecule has 3 nitrogen and oxygen atoms in total. The average molecular weight is 279 g/mol. The minimum atomic E-state index is -0.324. The maximum Gasteiger partial charge on any atom is 0.106 e. The maximum atomic E-state index is 9.50. The number of rotatable bonds is 8. The van der Waals surface area contributed by atoms with E-state index < -0.39 is 0 Å². The number of nitriles is 1. The van der Waals surface area contributed by atoms with Crippen molar-refractivity contribution in [1.29, 1.82) is 5.26 Å². The second-order valence-corrected chi connectivity index (χ2v) is 6.64. The third-order valence-corrected chi connectivity index (χ3v) is 4.74. The van der Waals surface area contributed by atoms with Gasteiger partial charge >= 0.3 is 0 Å². The molecule has 0 radical (unpaired) electrons. The van der Waals surface area contributed by atoms with Crippen LogP contribution >= 0.6 is 0 Å². The maximum absolute atomic E-state index is 9.50. The second-order valence-electron chi connectivity index (χ2n) is 6.64. The first-order valence-electron chi connectivity index (χ1n) is 8.46. The molecule has 1 saturated heterocycles. The van der Waals surface area contributed by atoms with Crippen molar-refractivity contribution in [1.82, 2.24) is 10.2 Å². The lowest BCUT2D eigenvalue weighted by Crippen LogP contribution is -2.47. The Hall–Kier alpha value is -0.590. The van der Waals surface area contributed by atoms with E-state index in [4.69, 9.17) is 0 Å². The topological polar surface area (TPSA) is 39.1 Å². The van der Waals surface area contributed by atoms with E-state index in [9.17, 15) is 5.26 Å². The molecular weight excluding hydrogens is 246 g/mol. The van der Waals surface area contributed by atoms with Crippen LogP contribution in [0.5, 0.6) is 0 Å². The SMILES string of the molecule is CCC1CCN(CCCC(C#N)(CC)NC(C)C)CC1. The Kier molecular flexibility index (Phi) is 7.55. The van der Waals surface area contributed by atoms with E-state index in [0.29, 0.717) is 6.04 Å². The van der Waals surface area contributed by atoms with Crippen molar-refractivity contribution in [3.8, 4) is 6.07 Å². The summed E-state index contributed by atoms with van der Waals surface area (Å²) >= 11 is 0. The lowest BCUT2D eigenvalue weighted by Gasteiger charge is -2.33. The molecule has 0 aliphatic carbocycles. The molecule has 1 aliphatic heterocycles. The van der Waals surface area contributed by atoms with E-state index >= 15 is 0 Å². The first kappa shape index (κ1) is 17.5. The summed E-state index contributed by atoms with van der Waals surface area (Å²) in [4.78, 5) is 2.58. The molecule has 1 unspecified atom stereocenters. The molecule has 0 saturated carbocycles. The van der Waals surface area contributed by atoms with Crippen LogP contribution in [0.15, 0.2) is 0 Å². The Morgan fingerprint density at radius 2 is 1.95 bits per heavy atom. The van der Waals surface area contributed by atoms with Gasteiger partial charge in [-0.25, -0.2) is 0 Å². The van der Waals surface area contributed by atoms with Crippen molar-refractivity contribution in [2.75, 3.05) is 19.6 Å². The highest BCUT2D eigenvalue weighted by molar-refractivity contribution is 5.06. The van der Waals surface area contributed by atoms with Crippen LogP contribution in [-0.4, -0.2) is 36.1 Å². The average Bonchev–Trinajstić information content (AvgIpc) is 2.46. The zero-order valence-corrected chi connectivity index (χ0v) is 13.9. The van der Waals surface area contributed by atoms with Crippen molar-refractivity contribution < 1.29 is 0 Å². The molecule has 3 heteroatoms. The highest BCUT2D eigenvalue weighted by Crippen LogP contribution is 2.22. The molecule has 0 aromatic carbocycles. The molecule has 1 fully saturated rings. The summed E-state index contributed by atoms with van der Waals surface area (Å²) in [5, 5.41) is 13.0. The largest absolute Gasteiger partial charge is 0.303 e. The first-order chi connectivity index (χ1) is 9.55. The Bertz CT molecular complexity index is 300. The van der Waals surface area contributed by atoms with Gasteiger partial charge in [-0.3, -0.25) is 5.32 Å². The van der Waals surface area contributed by atoms with Gasteiger partial charge in [0.15, 0.2) is 0 Å². The minimum Gasteiger partial charge on any atom is -0.303 e. The minimum absolute atomic E-state index is 0.324. The Morgan fingerprint density at radius 1 is 1.30 bits per heavy atom. The number of piperidine rings is 1. The molecule has 20 heavy (non-hydrogen) atoms. The Balaban J connectivity index is 2.33. The highest BCUT2D eigenvalue weighted by atomic mass is 15.1. The molecule has 1 N–H and O–H groups in total. The van der Waals surface area contributed by atoms with Gasteiger partial charge in [0.05, 0.1) is 6.07 Å². The van der Waals surface area contributed by atoms with E-state index in [-0.39, 0.29) is 5.54 Å². The molecule has 0 spiro atoms. The van der Waals surface area contributed by atoms with Crippen LogP contribution < -0.4 is 5.32 Å². The number of likely N-dealkylation sites (tertiary alicyclic amines) is 1. The van der Waals surface area contributed by atoms with Crippen molar-refractivity contribution in [2.45, 2.75) is 77.8 Å². The summed E-state index contributed by atoms with van der Waals surface area (Å²) < 4.78 is 0. The molecule has 0 bridgehead atoms. The second kappa shape index (κ2) is 8.64. The van der Waals surface area contributed by atoms with Crippen LogP contribution in [0, 0.1) is 17.2 Å². The zero-order valence-electron chi connectivity index (χ0n) is 13.9. The molecule has 116 valence electrons. The fourth-order valence-electron chi connectivity index (χ4n) is 3.29. The predicted molar refractivity (Wildman–Crippen MR) is 85.6 cm³/mol. The molecule has 1 heterocycles. The summed E-state index contributed by atoms with van der Waals surface area (Å²) in [7, 11) is 0. The van der Waals surface area contributed by atoms with Gasteiger partial charge in [-0.05, 0) is 71.5 Å². The van der Waals surface area contributed by atoms with Crippen LogP contribution in [0.1, 0.15) is 66.2 Å². The van der Waals surface area contributed by atoms with Crippen molar-refractivity contribution >= 4 is 0 Å². The quantitative estimate of drug-likeness (QED) is 0.738. The number of hydrogen-bond acceptors (Lipinski definition) is 3. The van der Waals surface area contributed by atoms with Gasteiger partial charge in [-0.15, -0.1) is 0 Å². The molecule has 0 aromatic rings. The van der Waals surface area contributed by atoms with Crippen LogP contribution in [0.3, 0.4) is 0 Å². The summed E-state index contributed by atoms with van der Waals surface area (Å²) in [6.45, 7) is 12.3. The van der Waals surface area contributed by atoms with E-state index in [0.717, 1.165) is 31.7 Å². The fraction of sp³-hybridized carbons (Fsp3) is 0.941. The van der Waals surface area contributed by atoms with E-state index in [1.807, 2.05) is 0 Å². The highest BCUT2D eigenvalue weighted by Gasteiger charge is 2.28. The van der Waals surface area contributed by atoms with Crippen LogP contribution in [-0.2, 0) is 0 Å². The van der Waals surface area contributed by atoms with Gasteiger partial charge in [0, 0.05) is 6.04 Å². The summed E-state index contributed by atoms with van der Waals surface area (Å²) in [6, 6.07) is 2.89. The number of nitrogens with one attached hydrogen (secondary N) is 1. The van der Waals surface area contributed by atoms with Gasteiger partial charge < -0.3 is 4.90 Å². The normalized spacial score (nSPS) is 20.8. The third-order valence-electron chi connectivity index (χ3n) is 4.74. The number of nitrogens with zero attached hydrogens (tertiary/aromatic N) is 2. The summed E-state index contributed by atoms with van der Waals surface area (Å²) in [6.07, 6.45) is 7.03. The van der Waals surface area contributed by atoms with Gasteiger partial charge in [0.2, 0.25) is 0 Å². The molecule has 1 atom stereocenters. The van der Waals surface area contributed by atoms with Gasteiger partial charge in [0.25, 0.3) is 0 Å². The summed E-state index contributed by atoms with van der Waals surface area (Å²) in [5.74, 6) is 0.947. The monoisotopic (exact) mass is 279 g/mol. The van der Waals surface area contributed by atoms with E-state index in [1.54, 1.807) is 0 Å². The molecule has 0 amide bonds. The molecule has 0 aromatic heterocycles. The molecular formula is C17H33N3. The van der Waals surface area contributed by atoms with Crippen molar-refractivity contribution in [3.05, 3.63) is 0 Å². The van der Waals surface area contributed by atoms with E-state index in [1.165, 1.54) is 32.4 Å². The Morgan fingerprint density at radius 3 is 2.40 bits per heavy atom. The third kappa shape index (κ3) is 5.42. The van der Waals surface area contributed by atoms with Gasteiger partial charge in [0.1, 0.15) is 5.54 Å². The van der Waals surface area contributed by atoms with Crippen molar-refractivity contribution in [2.24, 2.45) is 5.92 Å². The number of hydrogen-bond donors (Lipinski definition) is 1. The van der Waals surface area contributed by atoms with E-state index in [2.05, 4.69) is 44.0 Å². The van der Waals surface area contributed by atoms with Gasteiger partial charge in [-0.1, -0.05) is 20.3 Å². The van der Waals surface area contributed by atoms with Crippen LogP contribution in [0.25, 0.3) is 0 Å². The Labute approximate surface area is 125 Å². The van der Waals surface area contributed by atoms with Crippen LogP contribution in [0.4, 0.5) is 0 Å². The zero-order chi connectivity index (χ0) is 15.0. The molecule has 1 aliphatic rings. The molecule has 1 rings (SSSR count). The van der Waals surface area contributed by atoms with Crippen LogP contribution in [0.2, 0.25) is 0 Å². The lowest BCUT2D eigenvalue weighted by molar-refractivity contribution is 0.174. The summed E-state index contributed by atoms with van der Waals surface area (Å²) in [5.41, 5.74) is -0.324. The lowest BCUT2D eigenvalue weighted by atomic mass is 9.90. The smallest absolute Gasteiger partial charge is 0.106 e.